The zero-order chi connectivity index (χ0) is 14.7. The smallest absolute Gasteiger partial charge is 0.277 e. The second kappa shape index (κ2) is 5.88. The van der Waals surface area contributed by atoms with Crippen LogP contribution in [0.3, 0.4) is 0 Å². The van der Waals surface area contributed by atoms with Crippen molar-refractivity contribution in [3.8, 4) is 5.75 Å². The zero-order valence-electron chi connectivity index (χ0n) is 10.6. The maximum Gasteiger partial charge on any atom is 0.277 e. The van der Waals surface area contributed by atoms with Gasteiger partial charge in [-0.3, -0.25) is 10.1 Å². The summed E-state index contributed by atoms with van der Waals surface area (Å²) < 4.78 is 18.8. The fourth-order valence-electron chi connectivity index (χ4n) is 1.71. The summed E-state index contributed by atoms with van der Waals surface area (Å²) >= 11 is 5.72. The molecule has 0 unspecified atom stereocenters. The van der Waals surface area contributed by atoms with Crippen LogP contribution in [-0.4, -0.2) is 4.92 Å². The molecule has 0 aliphatic carbocycles. The van der Waals surface area contributed by atoms with E-state index in [1.165, 1.54) is 30.3 Å². The summed E-state index contributed by atoms with van der Waals surface area (Å²) in [6.07, 6.45) is 0. The predicted octanol–water partition coefficient (Wildman–Crippen LogP) is 4.27. The molecular formula is C14H11ClFNO3. The average Bonchev–Trinajstić information content (AvgIpc) is 2.40. The second-order valence-corrected chi connectivity index (χ2v) is 4.69. The molecule has 4 nitrogen and oxygen atoms in total. The summed E-state index contributed by atoms with van der Waals surface area (Å²) in [5.74, 6) is -0.443. The lowest BCUT2D eigenvalue weighted by Gasteiger charge is -2.08. The molecule has 2 aromatic carbocycles. The van der Waals surface area contributed by atoms with E-state index in [4.69, 9.17) is 16.3 Å². The van der Waals surface area contributed by atoms with Gasteiger partial charge in [-0.05, 0) is 36.8 Å². The molecule has 0 heterocycles. The highest BCUT2D eigenvalue weighted by Crippen LogP contribution is 2.26. The van der Waals surface area contributed by atoms with Crippen molar-refractivity contribution in [3.05, 3.63) is 68.5 Å². The van der Waals surface area contributed by atoms with Gasteiger partial charge in [-0.15, -0.1) is 0 Å². The summed E-state index contributed by atoms with van der Waals surface area (Å²) in [4.78, 5) is 10.4. The molecule has 0 amide bonds. The first-order valence-corrected chi connectivity index (χ1v) is 6.17. The first-order chi connectivity index (χ1) is 9.47. The molecule has 0 bridgehead atoms. The Balaban J connectivity index is 2.23. The Bertz CT molecular complexity index is 661. The van der Waals surface area contributed by atoms with Crippen LogP contribution in [0.25, 0.3) is 0 Å². The minimum atomic E-state index is -0.544. The van der Waals surface area contributed by atoms with Crippen molar-refractivity contribution in [1.82, 2.24) is 0 Å². The Morgan fingerprint density at radius 3 is 2.75 bits per heavy atom. The molecule has 2 rings (SSSR count). The molecule has 0 aromatic heterocycles. The number of nitrogens with zero attached hydrogens (tertiary/aromatic N) is 1. The highest BCUT2D eigenvalue weighted by atomic mass is 35.5. The summed E-state index contributed by atoms with van der Waals surface area (Å²) in [5, 5.41) is 11.2. The van der Waals surface area contributed by atoms with Crippen molar-refractivity contribution in [2.75, 3.05) is 0 Å². The SMILES string of the molecule is Cc1ccc(F)c(OCc2ccc(Cl)cc2[N+](=O)[O-])c1. The van der Waals surface area contributed by atoms with Gasteiger partial charge >= 0.3 is 0 Å². The zero-order valence-corrected chi connectivity index (χ0v) is 11.4. The molecule has 0 fully saturated rings. The summed E-state index contributed by atoms with van der Waals surface area (Å²) in [6.45, 7) is 1.70. The Labute approximate surface area is 119 Å². The number of ether oxygens (including phenoxy) is 1. The lowest BCUT2D eigenvalue weighted by Crippen LogP contribution is -2.02. The van der Waals surface area contributed by atoms with Crippen LogP contribution in [0.2, 0.25) is 5.02 Å². The van der Waals surface area contributed by atoms with Gasteiger partial charge in [-0.1, -0.05) is 17.7 Å². The summed E-state index contributed by atoms with van der Waals surface area (Å²) in [5.41, 5.74) is 1.03. The number of nitro groups is 1. The number of nitro benzene ring substituents is 1. The summed E-state index contributed by atoms with van der Waals surface area (Å²) in [7, 11) is 0. The highest BCUT2D eigenvalue weighted by molar-refractivity contribution is 6.30. The van der Waals surface area contributed by atoms with Crippen LogP contribution in [-0.2, 0) is 6.61 Å². The second-order valence-electron chi connectivity index (χ2n) is 4.25. The maximum absolute atomic E-state index is 13.5. The normalized spacial score (nSPS) is 10.3. The summed E-state index contributed by atoms with van der Waals surface area (Å²) in [6, 6.07) is 8.71. The number of halogens is 2. The molecule has 0 radical (unpaired) electrons. The molecule has 0 saturated carbocycles. The molecule has 6 heteroatoms. The van der Waals surface area contributed by atoms with Gasteiger partial charge in [0.15, 0.2) is 11.6 Å². The lowest BCUT2D eigenvalue weighted by atomic mass is 10.2. The first-order valence-electron chi connectivity index (χ1n) is 5.79. The van der Waals surface area contributed by atoms with Gasteiger partial charge in [0.05, 0.1) is 10.5 Å². The van der Waals surface area contributed by atoms with E-state index in [0.717, 1.165) is 5.56 Å². The van der Waals surface area contributed by atoms with Crippen molar-refractivity contribution in [2.24, 2.45) is 0 Å². The quantitative estimate of drug-likeness (QED) is 0.625. The molecule has 0 aliphatic rings. The fraction of sp³-hybridized carbons (Fsp3) is 0.143. The number of benzene rings is 2. The molecule has 0 saturated heterocycles. The fourth-order valence-corrected chi connectivity index (χ4v) is 1.87. The van der Waals surface area contributed by atoms with Crippen molar-refractivity contribution in [2.45, 2.75) is 13.5 Å². The average molecular weight is 296 g/mol. The molecule has 20 heavy (non-hydrogen) atoms. The van der Waals surface area contributed by atoms with Crippen LogP contribution in [0, 0.1) is 22.9 Å². The van der Waals surface area contributed by atoms with Crippen LogP contribution in [0.4, 0.5) is 10.1 Å². The van der Waals surface area contributed by atoms with Crippen LogP contribution < -0.4 is 4.74 Å². The molecule has 0 spiro atoms. The van der Waals surface area contributed by atoms with Crippen molar-refractivity contribution in [1.29, 1.82) is 0 Å². The Morgan fingerprint density at radius 2 is 2.05 bits per heavy atom. The van der Waals surface area contributed by atoms with Crippen molar-refractivity contribution in [3.63, 3.8) is 0 Å². The van der Waals surface area contributed by atoms with E-state index in [0.29, 0.717) is 5.56 Å². The van der Waals surface area contributed by atoms with Crippen LogP contribution in [0.1, 0.15) is 11.1 Å². The Hall–Kier alpha value is -2.14. The van der Waals surface area contributed by atoms with E-state index >= 15 is 0 Å². The van der Waals surface area contributed by atoms with E-state index in [-0.39, 0.29) is 23.1 Å². The van der Waals surface area contributed by atoms with E-state index in [9.17, 15) is 14.5 Å². The largest absolute Gasteiger partial charge is 0.486 e. The number of rotatable bonds is 4. The first kappa shape index (κ1) is 14.3. The molecule has 0 aliphatic heterocycles. The monoisotopic (exact) mass is 295 g/mol. The molecule has 0 N–H and O–H groups in total. The minimum Gasteiger partial charge on any atom is -0.486 e. The van der Waals surface area contributed by atoms with Gasteiger partial charge in [0.2, 0.25) is 0 Å². The van der Waals surface area contributed by atoms with Gasteiger partial charge in [-0.2, -0.15) is 0 Å². The maximum atomic E-state index is 13.5. The van der Waals surface area contributed by atoms with E-state index in [2.05, 4.69) is 0 Å². The third kappa shape index (κ3) is 3.24. The minimum absolute atomic E-state index is 0.0641. The van der Waals surface area contributed by atoms with Gasteiger partial charge in [0.1, 0.15) is 6.61 Å². The molecule has 2 aromatic rings. The molecular weight excluding hydrogens is 285 g/mol. The Kier molecular flexibility index (Phi) is 4.20. The van der Waals surface area contributed by atoms with E-state index < -0.39 is 10.7 Å². The number of hydrogen-bond acceptors (Lipinski definition) is 3. The topological polar surface area (TPSA) is 52.4 Å². The third-order valence-corrected chi connectivity index (χ3v) is 2.95. The van der Waals surface area contributed by atoms with Crippen LogP contribution in [0.15, 0.2) is 36.4 Å². The molecule has 0 atom stereocenters. The van der Waals surface area contributed by atoms with Gasteiger partial charge in [0, 0.05) is 11.1 Å². The molecule has 104 valence electrons. The lowest BCUT2D eigenvalue weighted by molar-refractivity contribution is -0.385. The van der Waals surface area contributed by atoms with E-state index in [1.807, 2.05) is 0 Å². The standard InChI is InChI=1S/C14H11ClFNO3/c1-9-2-5-12(16)14(6-9)20-8-10-3-4-11(15)7-13(10)17(18)19/h2-7H,8H2,1H3. The third-order valence-electron chi connectivity index (χ3n) is 2.71. The predicted molar refractivity (Wildman–Crippen MR) is 73.6 cm³/mol. The highest BCUT2D eigenvalue weighted by Gasteiger charge is 2.15. The number of aryl methyl sites for hydroxylation is 1. The van der Waals surface area contributed by atoms with Gasteiger partial charge < -0.3 is 4.74 Å². The van der Waals surface area contributed by atoms with Crippen LogP contribution in [0.5, 0.6) is 5.75 Å². The van der Waals surface area contributed by atoms with Gasteiger partial charge in [-0.25, -0.2) is 4.39 Å². The Morgan fingerprint density at radius 1 is 1.30 bits per heavy atom. The van der Waals surface area contributed by atoms with E-state index in [1.54, 1.807) is 13.0 Å². The van der Waals surface area contributed by atoms with Crippen molar-refractivity contribution >= 4 is 17.3 Å². The van der Waals surface area contributed by atoms with Gasteiger partial charge in [0.25, 0.3) is 5.69 Å². The van der Waals surface area contributed by atoms with Crippen molar-refractivity contribution < 1.29 is 14.1 Å². The number of hydrogen-bond donors (Lipinski definition) is 0. The van der Waals surface area contributed by atoms with Crippen LogP contribution >= 0.6 is 11.6 Å².